The normalized spacial score (nSPS) is 17.8. The Bertz CT molecular complexity index is 966. The standard InChI is InChI=1S/C24H35N5O7/c1-13(2)20(23(34)29-11-3-4-18(29)24(35)36)28-22(33)17(9-10-19(26)31)27-21(32)16(25)12-14-5-7-15(30)8-6-14/h5-8,13,16-18,20,30H,3-4,9-12,25H2,1-2H3,(H2,26,31)(H,27,32)(H,28,33)(H,35,36)/t16-,17-,18-,20-/m0/s1. The van der Waals surface area contributed by atoms with Crippen LogP contribution in [-0.2, 0) is 30.4 Å². The Morgan fingerprint density at radius 1 is 1.08 bits per heavy atom. The average Bonchev–Trinajstić information content (AvgIpc) is 3.31. The van der Waals surface area contributed by atoms with Gasteiger partial charge in [-0.15, -0.1) is 0 Å². The Hall–Kier alpha value is -3.67. The number of carbonyl (C=O) groups is 5. The van der Waals surface area contributed by atoms with Gasteiger partial charge in [0.05, 0.1) is 6.04 Å². The van der Waals surface area contributed by atoms with Gasteiger partial charge in [0.2, 0.25) is 23.6 Å². The SMILES string of the molecule is CC(C)[C@H](NC(=O)[C@H](CCC(N)=O)NC(=O)[C@@H](N)Cc1ccc(O)cc1)C(=O)N1CCC[C@H]1C(=O)O. The summed E-state index contributed by atoms with van der Waals surface area (Å²) in [6, 6.07) is 1.93. The number of carboxylic acids is 1. The molecule has 1 aliphatic rings. The van der Waals surface area contributed by atoms with E-state index in [1.807, 2.05) is 0 Å². The first-order chi connectivity index (χ1) is 16.9. The number of phenols is 1. The lowest BCUT2D eigenvalue weighted by molar-refractivity contribution is -0.150. The van der Waals surface area contributed by atoms with E-state index >= 15 is 0 Å². The molecule has 0 aliphatic carbocycles. The van der Waals surface area contributed by atoms with Gasteiger partial charge < -0.3 is 37.2 Å². The smallest absolute Gasteiger partial charge is 0.326 e. The van der Waals surface area contributed by atoms with Crippen LogP contribution in [0.5, 0.6) is 5.75 Å². The average molecular weight is 506 g/mol. The van der Waals surface area contributed by atoms with Crippen LogP contribution in [0.15, 0.2) is 24.3 Å². The summed E-state index contributed by atoms with van der Waals surface area (Å²) in [5, 5.41) is 24.0. The van der Waals surface area contributed by atoms with E-state index in [0.29, 0.717) is 18.4 Å². The predicted molar refractivity (Wildman–Crippen MR) is 129 cm³/mol. The molecule has 0 aromatic heterocycles. The number of carbonyl (C=O) groups excluding carboxylic acids is 4. The van der Waals surface area contributed by atoms with Crippen molar-refractivity contribution in [3.63, 3.8) is 0 Å². The maximum Gasteiger partial charge on any atom is 0.326 e. The van der Waals surface area contributed by atoms with Gasteiger partial charge in [0.25, 0.3) is 0 Å². The minimum atomic E-state index is -1.20. The first-order valence-corrected chi connectivity index (χ1v) is 11.9. The van der Waals surface area contributed by atoms with Crippen molar-refractivity contribution in [2.45, 2.75) is 70.1 Å². The third kappa shape index (κ3) is 7.94. The highest BCUT2D eigenvalue weighted by molar-refractivity contribution is 5.94. The van der Waals surface area contributed by atoms with Crippen molar-refractivity contribution in [1.82, 2.24) is 15.5 Å². The monoisotopic (exact) mass is 505 g/mol. The van der Waals surface area contributed by atoms with Crippen molar-refractivity contribution in [1.29, 1.82) is 0 Å². The maximum atomic E-state index is 13.1. The van der Waals surface area contributed by atoms with E-state index in [1.165, 1.54) is 17.0 Å². The van der Waals surface area contributed by atoms with Crippen LogP contribution in [0.4, 0.5) is 0 Å². The quantitative estimate of drug-likeness (QED) is 0.212. The zero-order valence-corrected chi connectivity index (χ0v) is 20.5. The van der Waals surface area contributed by atoms with E-state index in [1.54, 1.807) is 26.0 Å². The summed E-state index contributed by atoms with van der Waals surface area (Å²) in [6.45, 7) is 3.68. The van der Waals surface area contributed by atoms with Gasteiger partial charge in [-0.05, 0) is 49.3 Å². The Balaban J connectivity index is 2.12. The van der Waals surface area contributed by atoms with Crippen LogP contribution in [0.3, 0.4) is 0 Å². The number of likely N-dealkylation sites (tertiary alicyclic amines) is 1. The van der Waals surface area contributed by atoms with Gasteiger partial charge in [-0.25, -0.2) is 4.79 Å². The van der Waals surface area contributed by atoms with Crippen molar-refractivity contribution in [3.8, 4) is 5.75 Å². The molecule has 198 valence electrons. The first-order valence-electron chi connectivity index (χ1n) is 11.9. The second-order valence-electron chi connectivity index (χ2n) is 9.30. The van der Waals surface area contributed by atoms with Crippen LogP contribution < -0.4 is 22.1 Å². The molecule has 12 nitrogen and oxygen atoms in total. The van der Waals surface area contributed by atoms with Gasteiger partial charge in [-0.1, -0.05) is 26.0 Å². The van der Waals surface area contributed by atoms with Gasteiger partial charge >= 0.3 is 5.97 Å². The van der Waals surface area contributed by atoms with Crippen LogP contribution in [0.2, 0.25) is 0 Å². The van der Waals surface area contributed by atoms with E-state index in [9.17, 15) is 34.2 Å². The molecule has 0 radical (unpaired) electrons. The Morgan fingerprint density at radius 2 is 1.72 bits per heavy atom. The van der Waals surface area contributed by atoms with Gasteiger partial charge in [-0.2, -0.15) is 0 Å². The maximum absolute atomic E-state index is 13.1. The minimum absolute atomic E-state index is 0.0674. The number of nitrogens with zero attached hydrogens (tertiary/aromatic N) is 1. The molecule has 0 bridgehead atoms. The molecule has 1 aliphatic heterocycles. The number of primary amides is 1. The largest absolute Gasteiger partial charge is 0.508 e. The molecule has 0 saturated carbocycles. The lowest BCUT2D eigenvalue weighted by Gasteiger charge is -2.30. The van der Waals surface area contributed by atoms with E-state index in [-0.39, 0.29) is 37.5 Å². The zero-order valence-electron chi connectivity index (χ0n) is 20.5. The van der Waals surface area contributed by atoms with Crippen LogP contribution in [0, 0.1) is 5.92 Å². The number of hydrogen-bond acceptors (Lipinski definition) is 7. The molecule has 4 atom stereocenters. The molecule has 0 unspecified atom stereocenters. The molecule has 1 heterocycles. The first kappa shape index (κ1) is 28.6. The number of rotatable bonds is 12. The summed E-state index contributed by atoms with van der Waals surface area (Å²) in [6.07, 6.45) is 0.695. The molecule has 4 amide bonds. The van der Waals surface area contributed by atoms with E-state index in [0.717, 1.165) is 0 Å². The molecule has 36 heavy (non-hydrogen) atoms. The summed E-state index contributed by atoms with van der Waals surface area (Å²) in [5.41, 5.74) is 11.9. The van der Waals surface area contributed by atoms with E-state index in [4.69, 9.17) is 11.5 Å². The molecular weight excluding hydrogens is 470 g/mol. The number of hydrogen-bond donors (Lipinski definition) is 6. The fourth-order valence-corrected chi connectivity index (χ4v) is 4.05. The number of benzene rings is 1. The van der Waals surface area contributed by atoms with E-state index in [2.05, 4.69) is 10.6 Å². The molecular formula is C24H35N5O7. The van der Waals surface area contributed by atoms with Gasteiger partial charge in [0.15, 0.2) is 0 Å². The molecule has 8 N–H and O–H groups in total. The molecule has 1 aromatic carbocycles. The summed E-state index contributed by atoms with van der Waals surface area (Å²) in [7, 11) is 0. The van der Waals surface area contributed by atoms with Crippen molar-refractivity contribution < 1.29 is 34.2 Å². The van der Waals surface area contributed by atoms with Crippen molar-refractivity contribution in [2.24, 2.45) is 17.4 Å². The number of aromatic hydroxyl groups is 1. The van der Waals surface area contributed by atoms with Crippen molar-refractivity contribution in [3.05, 3.63) is 29.8 Å². The van der Waals surface area contributed by atoms with Crippen LogP contribution in [-0.4, -0.2) is 75.4 Å². The van der Waals surface area contributed by atoms with Crippen LogP contribution >= 0.6 is 0 Å². The lowest BCUT2D eigenvalue weighted by atomic mass is 10.0. The third-order valence-electron chi connectivity index (χ3n) is 6.09. The predicted octanol–water partition coefficient (Wildman–Crippen LogP) is -0.771. The van der Waals surface area contributed by atoms with Crippen molar-refractivity contribution >= 4 is 29.6 Å². The second-order valence-corrected chi connectivity index (χ2v) is 9.30. The molecule has 1 saturated heterocycles. The fourth-order valence-electron chi connectivity index (χ4n) is 4.05. The highest BCUT2D eigenvalue weighted by atomic mass is 16.4. The number of nitrogens with one attached hydrogen (secondary N) is 2. The molecule has 1 fully saturated rings. The highest BCUT2D eigenvalue weighted by Crippen LogP contribution is 2.20. The second kappa shape index (κ2) is 12.9. The Morgan fingerprint density at radius 3 is 2.28 bits per heavy atom. The van der Waals surface area contributed by atoms with Gasteiger partial charge in [0.1, 0.15) is 23.9 Å². The molecule has 12 heteroatoms. The number of carboxylic acid groups (broad SMARTS) is 1. The van der Waals surface area contributed by atoms with Crippen LogP contribution in [0.1, 0.15) is 45.1 Å². The number of nitrogens with two attached hydrogens (primary N) is 2. The summed E-state index contributed by atoms with van der Waals surface area (Å²) in [4.78, 5) is 63.1. The van der Waals surface area contributed by atoms with Gasteiger partial charge in [0, 0.05) is 13.0 Å². The number of aliphatic carboxylic acids is 1. The molecule has 1 aromatic rings. The fraction of sp³-hybridized carbons (Fsp3) is 0.542. The zero-order chi connectivity index (χ0) is 27.0. The van der Waals surface area contributed by atoms with Crippen LogP contribution in [0.25, 0.3) is 0 Å². The minimum Gasteiger partial charge on any atom is -0.508 e. The summed E-state index contributed by atoms with van der Waals surface area (Å²) >= 11 is 0. The summed E-state index contributed by atoms with van der Waals surface area (Å²) in [5.74, 6) is -3.96. The Kier molecular flexibility index (Phi) is 10.2. The highest BCUT2D eigenvalue weighted by Gasteiger charge is 2.39. The molecule has 0 spiro atoms. The Labute approximate surface area is 209 Å². The summed E-state index contributed by atoms with van der Waals surface area (Å²) < 4.78 is 0. The topological polar surface area (TPSA) is 205 Å². The molecule has 2 rings (SSSR count). The van der Waals surface area contributed by atoms with E-state index < -0.39 is 53.8 Å². The third-order valence-corrected chi connectivity index (χ3v) is 6.09. The lowest BCUT2D eigenvalue weighted by Crippen LogP contribution is -2.58. The van der Waals surface area contributed by atoms with Gasteiger partial charge in [-0.3, -0.25) is 19.2 Å². The number of amides is 4. The number of phenolic OH excluding ortho intramolecular Hbond substituents is 1. The van der Waals surface area contributed by atoms with Crippen molar-refractivity contribution in [2.75, 3.05) is 6.54 Å².